The van der Waals surface area contributed by atoms with Gasteiger partial charge >= 0.3 is 0 Å². The molecule has 0 radical (unpaired) electrons. The van der Waals surface area contributed by atoms with Crippen molar-refractivity contribution in [3.05, 3.63) is 34.1 Å². The molecule has 1 rings (SSSR count). The number of halogens is 3. The van der Waals surface area contributed by atoms with E-state index in [1.54, 1.807) is 12.1 Å². The van der Waals surface area contributed by atoms with Crippen LogP contribution in [0.1, 0.15) is 31.4 Å². The Hall–Kier alpha value is -0.120. The average Bonchev–Trinajstić information content (AvgIpc) is 2.10. The highest BCUT2D eigenvalue weighted by molar-refractivity contribution is 9.10. The van der Waals surface area contributed by atoms with Crippen LogP contribution in [0.5, 0.6) is 0 Å². The Morgan fingerprint density at radius 3 is 2.64 bits per heavy atom. The van der Waals surface area contributed by atoms with E-state index in [9.17, 15) is 4.39 Å². The Balaban J connectivity index is 0.00000169. The van der Waals surface area contributed by atoms with Crippen molar-refractivity contribution in [1.29, 1.82) is 0 Å². The van der Waals surface area contributed by atoms with Gasteiger partial charge in [-0.3, -0.25) is 0 Å². The highest BCUT2D eigenvalue weighted by atomic mass is 79.9. The van der Waals surface area contributed by atoms with Crippen molar-refractivity contribution < 1.29 is 4.39 Å². The van der Waals surface area contributed by atoms with Crippen molar-refractivity contribution in [2.24, 2.45) is 5.73 Å². The maximum absolute atomic E-state index is 12.9. The molecule has 80 valence electrons. The summed E-state index contributed by atoms with van der Waals surface area (Å²) in [4.78, 5) is 0. The molecule has 0 spiro atoms. The lowest BCUT2D eigenvalue weighted by atomic mass is 10.0. The quantitative estimate of drug-likeness (QED) is 0.896. The van der Waals surface area contributed by atoms with Crippen LogP contribution in [-0.2, 0) is 0 Å². The van der Waals surface area contributed by atoms with Gasteiger partial charge in [0.2, 0.25) is 0 Å². The zero-order valence-corrected chi connectivity index (χ0v) is 10.4. The van der Waals surface area contributed by atoms with Gasteiger partial charge in [-0.25, -0.2) is 4.39 Å². The van der Waals surface area contributed by atoms with E-state index in [1.165, 1.54) is 6.07 Å². The van der Waals surface area contributed by atoms with E-state index in [1.807, 2.05) is 0 Å². The number of benzene rings is 1. The van der Waals surface area contributed by atoms with Crippen LogP contribution in [0.25, 0.3) is 0 Å². The second-order valence-electron chi connectivity index (χ2n) is 3.07. The summed E-state index contributed by atoms with van der Waals surface area (Å²) in [6.45, 7) is 2.08. The zero-order valence-electron chi connectivity index (χ0n) is 7.97. The van der Waals surface area contributed by atoms with Gasteiger partial charge in [0.25, 0.3) is 0 Å². The number of hydrogen-bond acceptors (Lipinski definition) is 1. The predicted octanol–water partition coefficient (Wildman–Crippen LogP) is 3.81. The smallest absolute Gasteiger partial charge is 0.137 e. The van der Waals surface area contributed by atoms with Gasteiger partial charge in [-0.15, -0.1) is 12.4 Å². The first kappa shape index (κ1) is 13.9. The second kappa shape index (κ2) is 6.38. The average molecular weight is 283 g/mol. The van der Waals surface area contributed by atoms with Crippen LogP contribution in [0.4, 0.5) is 4.39 Å². The molecule has 1 atom stereocenters. The first-order valence-corrected chi connectivity index (χ1v) is 5.15. The molecule has 14 heavy (non-hydrogen) atoms. The second-order valence-corrected chi connectivity index (χ2v) is 3.92. The molecule has 0 fully saturated rings. The molecule has 0 saturated heterocycles. The van der Waals surface area contributed by atoms with Crippen LogP contribution in [-0.4, -0.2) is 0 Å². The Labute approximate surface area is 98.4 Å². The molecule has 0 heterocycles. The van der Waals surface area contributed by atoms with Gasteiger partial charge < -0.3 is 5.73 Å². The molecule has 0 aliphatic heterocycles. The number of rotatable bonds is 3. The van der Waals surface area contributed by atoms with Gasteiger partial charge in [-0.05, 0) is 40.0 Å². The lowest BCUT2D eigenvalue weighted by molar-refractivity contribution is 0.610. The maximum Gasteiger partial charge on any atom is 0.137 e. The van der Waals surface area contributed by atoms with E-state index in [2.05, 4.69) is 22.9 Å². The van der Waals surface area contributed by atoms with Gasteiger partial charge in [0, 0.05) is 6.04 Å². The minimum Gasteiger partial charge on any atom is -0.324 e. The van der Waals surface area contributed by atoms with Crippen LogP contribution in [0.15, 0.2) is 22.7 Å². The number of hydrogen-bond donors (Lipinski definition) is 1. The minimum atomic E-state index is -0.243. The molecule has 1 nitrogen and oxygen atoms in total. The predicted molar refractivity (Wildman–Crippen MR) is 63.2 cm³/mol. The van der Waals surface area contributed by atoms with E-state index >= 15 is 0 Å². The molecule has 2 N–H and O–H groups in total. The van der Waals surface area contributed by atoms with E-state index in [0.29, 0.717) is 4.47 Å². The number of nitrogens with two attached hydrogens (primary N) is 1. The van der Waals surface area contributed by atoms with Gasteiger partial charge in [-0.2, -0.15) is 0 Å². The summed E-state index contributed by atoms with van der Waals surface area (Å²) in [7, 11) is 0. The van der Waals surface area contributed by atoms with Crippen molar-refractivity contribution in [3.8, 4) is 0 Å². The van der Waals surface area contributed by atoms with Crippen LogP contribution in [0.2, 0.25) is 0 Å². The Morgan fingerprint density at radius 2 is 2.14 bits per heavy atom. The van der Waals surface area contributed by atoms with Crippen LogP contribution in [0, 0.1) is 5.82 Å². The summed E-state index contributed by atoms with van der Waals surface area (Å²) in [6, 6.07) is 4.94. The van der Waals surface area contributed by atoms with Crippen LogP contribution >= 0.6 is 28.3 Å². The Bertz CT molecular complexity index is 293. The third kappa shape index (κ3) is 3.56. The molecular weight excluding hydrogens is 268 g/mol. The fourth-order valence-electron chi connectivity index (χ4n) is 1.22. The highest BCUT2D eigenvalue weighted by Gasteiger charge is 2.06. The summed E-state index contributed by atoms with van der Waals surface area (Å²) in [5, 5.41) is 0. The zero-order chi connectivity index (χ0) is 9.84. The molecule has 4 heteroatoms. The van der Waals surface area contributed by atoms with E-state index in [0.717, 1.165) is 18.4 Å². The van der Waals surface area contributed by atoms with Crippen molar-refractivity contribution in [2.45, 2.75) is 25.8 Å². The van der Waals surface area contributed by atoms with E-state index in [-0.39, 0.29) is 24.3 Å². The molecule has 1 aromatic rings. The van der Waals surface area contributed by atoms with Crippen molar-refractivity contribution in [1.82, 2.24) is 0 Å². The van der Waals surface area contributed by atoms with Crippen molar-refractivity contribution >= 4 is 28.3 Å². The molecule has 0 bridgehead atoms. The molecule has 0 amide bonds. The highest BCUT2D eigenvalue weighted by Crippen LogP contribution is 2.22. The molecule has 1 aromatic carbocycles. The lowest BCUT2D eigenvalue weighted by Gasteiger charge is -2.10. The van der Waals surface area contributed by atoms with Crippen LogP contribution < -0.4 is 5.73 Å². The normalized spacial score (nSPS) is 12.0. The summed E-state index contributed by atoms with van der Waals surface area (Å²) < 4.78 is 13.3. The SMILES string of the molecule is CCC[C@@H](N)c1ccc(F)c(Br)c1.Cl. The van der Waals surface area contributed by atoms with Gasteiger partial charge in [0.15, 0.2) is 0 Å². The molecule has 0 unspecified atom stereocenters. The lowest BCUT2D eigenvalue weighted by Crippen LogP contribution is -2.09. The summed E-state index contributed by atoms with van der Waals surface area (Å²) >= 11 is 3.13. The Morgan fingerprint density at radius 1 is 1.50 bits per heavy atom. The summed E-state index contributed by atoms with van der Waals surface area (Å²) in [5.41, 5.74) is 6.86. The molecular formula is C10H14BrClFN. The monoisotopic (exact) mass is 281 g/mol. The Kier molecular flexibility index (Phi) is 6.33. The van der Waals surface area contributed by atoms with Gasteiger partial charge in [-0.1, -0.05) is 19.4 Å². The third-order valence-electron chi connectivity index (χ3n) is 1.97. The van der Waals surface area contributed by atoms with Gasteiger partial charge in [0.05, 0.1) is 4.47 Å². The first-order valence-electron chi connectivity index (χ1n) is 4.35. The van der Waals surface area contributed by atoms with E-state index in [4.69, 9.17) is 5.73 Å². The molecule has 0 saturated carbocycles. The van der Waals surface area contributed by atoms with Crippen LogP contribution in [0.3, 0.4) is 0 Å². The third-order valence-corrected chi connectivity index (χ3v) is 2.58. The fourth-order valence-corrected chi connectivity index (χ4v) is 1.62. The largest absolute Gasteiger partial charge is 0.324 e. The molecule has 0 aliphatic rings. The van der Waals surface area contributed by atoms with Crippen molar-refractivity contribution in [2.75, 3.05) is 0 Å². The standard InChI is InChI=1S/C10H13BrFN.ClH/c1-2-3-10(13)7-4-5-9(12)8(11)6-7;/h4-6,10H,2-3,13H2,1H3;1H/t10-;/m1./s1. The summed E-state index contributed by atoms with van der Waals surface area (Å²) in [6.07, 6.45) is 1.97. The van der Waals surface area contributed by atoms with Crippen molar-refractivity contribution in [3.63, 3.8) is 0 Å². The molecule has 0 aromatic heterocycles. The fraction of sp³-hybridized carbons (Fsp3) is 0.400. The van der Waals surface area contributed by atoms with E-state index < -0.39 is 0 Å². The summed E-state index contributed by atoms with van der Waals surface area (Å²) in [5.74, 6) is -0.243. The minimum absolute atomic E-state index is 0. The topological polar surface area (TPSA) is 26.0 Å². The van der Waals surface area contributed by atoms with Gasteiger partial charge in [0.1, 0.15) is 5.82 Å². The molecule has 0 aliphatic carbocycles. The first-order chi connectivity index (χ1) is 6.15. The maximum atomic E-state index is 12.9.